The first-order chi connectivity index (χ1) is 23.4. The van der Waals surface area contributed by atoms with E-state index in [1.807, 2.05) is 13.0 Å². The van der Waals surface area contributed by atoms with Gasteiger partial charge in [0, 0.05) is 87.6 Å². The molecule has 9 nitrogen and oxygen atoms in total. The lowest BCUT2D eigenvalue weighted by Gasteiger charge is -2.37. The summed E-state index contributed by atoms with van der Waals surface area (Å²) < 4.78 is 11.2. The van der Waals surface area contributed by atoms with Crippen LogP contribution in [0.1, 0.15) is 77.0 Å². The van der Waals surface area contributed by atoms with Crippen molar-refractivity contribution in [1.29, 1.82) is 0 Å². The lowest BCUT2D eigenvalue weighted by molar-refractivity contribution is 0.0342. The Bertz CT molecular complexity index is 1620. The first kappa shape index (κ1) is 34.4. The Labute approximate surface area is 285 Å². The van der Waals surface area contributed by atoms with Crippen molar-refractivity contribution in [3.8, 4) is 11.1 Å². The molecular weight excluding hydrogens is 602 g/mol. The molecular formula is C39H53N5O4. The summed E-state index contributed by atoms with van der Waals surface area (Å²) in [7, 11) is 0. The predicted molar refractivity (Wildman–Crippen MR) is 192 cm³/mol. The highest BCUT2D eigenvalue weighted by Gasteiger charge is 2.26. The molecule has 3 aliphatic rings. The maximum atomic E-state index is 14.1. The monoisotopic (exact) mass is 655 g/mol. The van der Waals surface area contributed by atoms with Gasteiger partial charge in [0.2, 0.25) is 0 Å². The third-order valence-electron chi connectivity index (χ3n) is 10.5. The molecule has 0 spiro atoms. The zero-order valence-electron chi connectivity index (χ0n) is 29.3. The van der Waals surface area contributed by atoms with Crippen molar-refractivity contribution in [2.75, 3.05) is 64.1 Å². The number of anilines is 1. The SMILES string of the molecule is CCCN1CCc2c(c(C)[nH]c(=O)c2CNC(=O)c2cc(-c3ccc(CN4CCOCC4)cc3)cc(N(CC)C3CCOCC3)c2C)C1. The molecule has 4 heterocycles. The number of carbonyl (C=O) groups excluding carboxylic acids is 1. The van der Waals surface area contributed by atoms with Crippen LogP contribution in [0.15, 0.2) is 41.2 Å². The van der Waals surface area contributed by atoms with Crippen molar-refractivity contribution in [3.63, 3.8) is 0 Å². The molecule has 1 amide bonds. The second kappa shape index (κ2) is 15.8. The van der Waals surface area contributed by atoms with Crippen LogP contribution in [-0.2, 0) is 35.5 Å². The van der Waals surface area contributed by atoms with Gasteiger partial charge in [0.15, 0.2) is 0 Å². The van der Waals surface area contributed by atoms with E-state index >= 15 is 0 Å². The number of aryl methyl sites for hydroxylation is 1. The molecule has 2 saturated heterocycles. The molecule has 0 radical (unpaired) electrons. The van der Waals surface area contributed by atoms with Gasteiger partial charge in [-0.3, -0.25) is 19.4 Å². The van der Waals surface area contributed by atoms with E-state index in [9.17, 15) is 9.59 Å². The van der Waals surface area contributed by atoms with Crippen molar-refractivity contribution in [3.05, 3.63) is 85.8 Å². The highest BCUT2D eigenvalue weighted by molar-refractivity contribution is 5.99. The summed E-state index contributed by atoms with van der Waals surface area (Å²) in [5.41, 5.74) is 9.89. The van der Waals surface area contributed by atoms with Crippen LogP contribution in [0.25, 0.3) is 11.1 Å². The summed E-state index contributed by atoms with van der Waals surface area (Å²) in [6.07, 6.45) is 3.85. The number of pyridine rings is 1. The number of nitrogens with zero attached hydrogens (tertiary/aromatic N) is 3. The fourth-order valence-corrected chi connectivity index (χ4v) is 7.75. The van der Waals surface area contributed by atoms with Crippen LogP contribution in [-0.4, -0.2) is 85.9 Å². The van der Waals surface area contributed by atoms with E-state index in [0.717, 1.165) is 132 Å². The second-order valence-electron chi connectivity index (χ2n) is 13.6. The summed E-state index contributed by atoms with van der Waals surface area (Å²) in [5.74, 6) is -0.153. The average Bonchev–Trinajstić information content (AvgIpc) is 3.10. The summed E-state index contributed by atoms with van der Waals surface area (Å²) >= 11 is 0. The minimum absolute atomic E-state index is 0.101. The largest absolute Gasteiger partial charge is 0.381 e. The van der Waals surface area contributed by atoms with Gasteiger partial charge in [-0.15, -0.1) is 0 Å². The number of benzene rings is 2. The van der Waals surface area contributed by atoms with Crippen LogP contribution < -0.4 is 15.8 Å². The van der Waals surface area contributed by atoms with E-state index in [1.165, 1.54) is 11.1 Å². The third-order valence-corrected chi connectivity index (χ3v) is 10.5. The Morgan fingerprint density at radius 2 is 1.67 bits per heavy atom. The molecule has 9 heteroatoms. The van der Waals surface area contributed by atoms with E-state index in [4.69, 9.17) is 9.47 Å². The smallest absolute Gasteiger partial charge is 0.253 e. The van der Waals surface area contributed by atoms with E-state index in [1.54, 1.807) is 0 Å². The molecule has 3 aromatic rings. The van der Waals surface area contributed by atoms with Gasteiger partial charge in [0.25, 0.3) is 11.5 Å². The minimum Gasteiger partial charge on any atom is -0.381 e. The topological polar surface area (TPSA) is 90.1 Å². The molecule has 3 aliphatic heterocycles. The number of fused-ring (bicyclic) bond motifs is 1. The van der Waals surface area contributed by atoms with Crippen molar-refractivity contribution in [1.82, 2.24) is 20.1 Å². The Morgan fingerprint density at radius 3 is 2.38 bits per heavy atom. The third kappa shape index (κ3) is 7.70. The van der Waals surface area contributed by atoms with Crippen molar-refractivity contribution in [2.24, 2.45) is 0 Å². The molecule has 0 aliphatic carbocycles. The number of morpholine rings is 1. The molecule has 258 valence electrons. The van der Waals surface area contributed by atoms with Gasteiger partial charge in [-0.05, 0) is 98.5 Å². The average molecular weight is 656 g/mol. The number of H-pyrrole nitrogens is 1. The van der Waals surface area contributed by atoms with Gasteiger partial charge < -0.3 is 24.7 Å². The number of ether oxygens (including phenoxy) is 2. The van der Waals surface area contributed by atoms with Crippen LogP contribution in [0.2, 0.25) is 0 Å². The van der Waals surface area contributed by atoms with Crippen LogP contribution >= 0.6 is 0 Å². The number of nitrogens with one attached hydrogen (secondary N) is 2. The van der Waals surface area contributed by atoms with Crippen molar-refractivity contribution >= 4 is 11.6 Å². The number of amides is 1. The van der Waals surface area contributed by atoms with Crippen LogP contribution in [0.5, 0.6) is 0 Å². The number of rotatable bonds is 11. The number of carbonyl (C=O) groups is 1. The summed E-state index contributed by atoms with van der Waals surface area (Å²) in [4.78, 5) is 37.8. The van der Waals surface area contributed by atoms with Gasteiger partial charge in [-0.2, -0.15) is 0 Å². The zero-order valence-corrected chi connectivity index (χ0v) is 29.3. The molecule has 2 fully saturated rings. The lowest BCUT2D eigenvalue weighted by Crippen LogP contribution is -2.40. The fraction of sp³-hybridized carbons (Fsp3) is 0.538. The molecule has 0 unspecified atom stereocenters. The molecule has 1 aromatic heterocycles. The summed E-state index contributed by atoms with van der Waals surface area (Å²) in [6, 6.07) is 13.4. The van der Waals surface area contributed by atoms with Gasteiger partial charge >= 0.3 is 0 Å². The lowest BCUT2D eigenvalue weighted by atomic mass is 9.93. The number of aromatic amines is 1. The highest BCUT2D eigenvalue weighted by Crippen LogP contribution is 2.34. The van der Waals surface area contributed by atoms with Gasteiger partial charge in [0.1, 0.15) is 0 Å². The maximum absolute atomic E-state index is 14.1. The number of hydrogen-bond acceptors (Lipinski definition) is 7. The van der Waals surface area contributed by atoms with E-state index in [2.05, 4.69) is 76.1 Å². The van der Waals surface area contributed by atoms with Crippen LogP contribution in [0, 0.1) is 13.8 Å². The van der Waals surface area contributed by atoms with Gasteiger partial charge in [-0.25, -0.2) is 0 Å². The van der Waals surface area contributed by atoms with E-state index in [0.29, 0.717) is 17.2 Å². The molecule has 2 N–H and O–H groups in total. The van der Waals surface area contributed by atoms with Crippen LogP contribution in [0.3, 0.4) is 0 Å². The van der Waals surface area contributed by atoms with E-state index < -0.39 is 0 Å². The summed E-state index contributed by atoms with van der Waals surface area (Å²) in [6.45, 7) is 18.2. The molecule has 48 heavy (non-hydrogen) atoms. The quantitative estimate of drug-likeness (QED) is 0.294. The maximum Gasteiger partial charge on any atom is 0.253 e. The Balaban J connectivity index is 1.30. The first-order valence-corrected chi connectivity index (χ1v) is 18.0. The minimum atomic E-state index is -0.153. The number of hydrogen-bond donors (Lipinski definition) is 2. The zero-order chi connectivity index (χ0) is 33.6. The van der Waals surface area contributed by atoms with Crippen molar-refractivity contribution in [2.45, 2.75) is 79.1 Å². The summed E-state index contributed by atoms with van der Waals surface area (Å²) in [5, 5.41) is 3.17. The Morgan fingerprint density at radius 1 is 0.938 bits per heavy atom. The fourth-order valence-electron chi connectivity index (χ4n) is 7.75. The number of aromatic nitrogens is 1. The van der Waals surface area contributed by atoms with Gasteiger partial charge in [-0.1, -0.05) is 31.2 Å². The van der Waals surface area contributed by atoms with Gasteiger partial charge in [0.05, 0.1) is 13.2 Å². The molecule has 0 atom stereocenters. The predicted octanol–water partition coefficient (Wildman–Crippen LogP) is 5.19. The standard InChI is InChI=1S/C39H53N5O4/c1-5-14-42-15-11-33-35(39(46)41-28(4)36(33)26-42)24-40-38(45)34-22-31(23-37(27(34)3)44(6-2)32-12-18-47-19-13-32)30-9-7-29(8-10-30)25-43-16-20-48-21-17-43/h7-10,22-23,32H,5-6,11-21,24-26H2,1-4H3,(H,40,45)(H,41,46). The van der Waals surface area contributed by atoms with E-state index in [-0.39, 0.29) is 18.0 Å². The second-order valence-corrected chi connectivity index (χ2v) is 13.6. The highest BCUT2D eigenvalue weighted by atomic mass is 16.5. The normalized spacial score (nSPS) is 17.7. The Kier molecular flexibility index (Phi) is 11.3. The van der Waals surface area contributed by atoms with Crippen molar-refractivity contribution < 1.29 is 14.3 Å². The first-order valence-electron chi connectivity index (χ1n) is 18.0. The Hall–Kier alpha value is -3.50. The molecule has 2 aromatic carbocycles. The van der Waals surface area contributed by atoms with Crippen LogP contribution in [0.4, 0.5) is 5.69 Å². The molecule has 6 rings (SSSR count). The molecule has 0 saturated carbocycles. The molecule has 0 bridgehead atoms.